The summed E-state index contributed by atoms with van der Waals surface area (Å²) in [4.78, 5) is 11.9. The van der Waals surface area contributed by atoms with E-state index in [9.17, 15) is 13.2 Å². The van der Waals surface area contributed by atoms with E-state index in [1.54, 1.807) is 24.3 Å². The molecule has 7 nitrogen and oxygen atoms in total. The van der Waals surface area contributed by atoms with Crippen LogP contribution < -0.4 is 10.3 Å². The third-order valence-electron chi connectivity index (χ3n) is 4.01. The minimum atomic E-state index is -3.55. The third-order valence-corrected chi connectivity index (χ3v) is 5.11. The number of rotatable bonds is 8. The van der Waals surface area contributed by atoms with Gasteiger partial charge >= 0.3 is 0 Å². The van der Waals surface area contributed by atoms with Crippen LogP contribution in [0.4, 0.5) is 0 Å². The smallest absolute Gasteiger partial charge is 0.266 e. The van der Waals surface area contributed by atoms with Gasteiger partial charge in [-0.05, 0) is 43.2 Å². The van der Waals surface area contributed by atoms with Crippen molar-refractivity contribution in [2.24, 2.45) is 0 Å². The summed E-state index contributed by atoms with van der Waals surface area (Å²) in [5.74, 6) is 0.565. The van der Waals surface area contributed by atoms with Gasteiger partial charge in [-0.2, -0.15) is 5.10 Å². The Balaban J connectivity index is 1.54. The first kappa shape index (κ1) is 19.8. The van der Waals surface area contributed by atoms with Crippen molar-refractivity contribution >= 4 is 16.1 Å². The molecule has 0 atom stereocenters. The largest absolute Gasteiger partial charge is 0.463 e. The molecule has 2 heterocycles. The van der Waals surface area contributed by atoms with Gasteiger partial charge in [-0.25, -0.2) is 17.8 Å². The predicted octanol–water partition coefficient (Wildman–Crippen LogP) is 2.79. The second kappa shape index (κ2) is 8.81. The number of hydrogen-bond donors (Lipinski definition) is 1. The van der Waals surface area contributed by atoms with Crippen LogP contribution in [0.3, 0.4) is 0 Å². The number of nitrogens with zero attached hydrogens (tertiary/aromatic N) is 2. The lowest BCUT2D eigenvalue weighted by Crippen LogP contribution is -2.27. The Kier molecular flexibility index (Phi) is 6.23. The Morgan fingerprint density at radius 3 is 2.64 bits per heavy atom. The van der Waals surface area contributed by atoms with E-state index < -0.39 is 10.0 Å². The second-order valence-corrected chi connectivity index (χ2v) is 7.91. The van der Waals surface area contributed by atoms with Crippen LogP contribution in [0.5, 0.6) is 0 Å². The second-order valence-electron chi connectivity index (χ2n) is 6.26. The summed E-state index contributed by atoms with van der Waals surface area (Å²) in [6.45, 7) is 2.45. The highest BCUT2D eigenvalue weighted by Gasteiger charge is 2.07. The quantitative estimate of drug-likeness (QED) is 0.588. The third kappa shape index (κ3) is 5.51. The van der Waals surface area contributed by atoms with Gasteiger partial charge in [0.15, 0.2) is 5.76 Å². The predicted molar refractivity (Wildman–Crippen MR) is 108 cm³/mol. The minimum Gasteiger partial charge on any atom is -0.463 e. The molecule has 146 valence electrons. The Bertz CT molecular complexity index is 1100. The minimum absolute atomic E-state index is 0.194. The molecule has 0 saturated heterocycles. The topological polar surface area (TPSA) is 94.2 Å². The lowest BCUT2D eigenvalue weighted by atomic mass is 10.2. The van der Waals surface area contributed by atoms with Crippen molar-refractivity contribution in [2.45, 2.75) is 19.9 Å². The summed E-state index contributed by atoms with van der Waals surface area (Å²) in [7, 11) is -3.55. The van der Waals surface area contributed by atoms with Crippen molar-refractivity contribution in [1.29, 1.82) is 0 Å². The van der Waals surface area contributed by atoms with E-state index in [2.05, 4.69) is 9.82 Å². The van der Waals surface area contributed by atoms with Crippen molar-refractivity contribution in [1.82, 2.24) is 14.5 Å². The fourth-order valence-electron chi connectivity index (χ4n) is 2.50. The summed E-state index contributed by atoms with van der Waals surface area (Å²) < 4.78 is 33.2. The molecule has 0 saturated carbocycles. The lowest BCUT2D eigenvalue weighted by Gasteiger charge is -2.06. The summed E-state index contributed by atoms with van der Waals surface area (Å²) in [6.07, 6.45) is 3.50. The maximum atomic E-state index is 12.1. The standard InChI is InChI=1S/C20H21N3O4S/c1-16-5-7-17(8-6-16)11-15-28(25,26)21-12-3-13-23-20(24)10-9-18(22-23)19-4-2-14-27-19/h2,4-11,14-15,21H,3,12-13H2,1H3. The summed E-state index contributed by atoms with van der Waals surface area (Å²) >= 11 is 0. The highest BCUT2D eigenvalue weighted by atomic mass is 32.2. The summed E-state index contributed by atoms with van der Waals surface area (Å²) in [5, 5.41) is 5.39. The molecule has 0 aliphatic heterocycles. The van der Waals surface area contributed by atoms with Gasteiger partial charge in [0.05, 0.1) is 6.26 Å². The van der Waals surface area contributed by atoms with E-state index in [0.717, 1.165) is 16.5 Å². The zero-order valence-corrected chi connectivity index (χ0v) is 16.2. The van der Waals surface area contributed by atoms with Crippen LogP contribution in [-0.4, -0.2) is 24.7 Å². The van der Waals surface area contributed by atoms with Gasteiger partial charge in [-0.1, -0.05) is 29.8 Å². The maximum Gasteiger partial charge on any atom is 0.266 e. The molecule has 0 spiro atoms. The first-order valence-corrected chi connectivity index (χ1v) is 10.3. The van der Waals surface area contributed by atoms with Gasteiger partial charge in [0.25, 0.3) is 5.56 Å². The first-order chi connectivity index (χ1) is 13.4. The Morgan fingerprint density at radius 1 is 1.14 bits per heavy atom. The van der Waals surface area contributed by atoms with Crippen LogP contribution in [0.1, 0.15) is 17.5 Å². The van der Waals surface area contributed by atoms with Crippen molar-refractivity contribution in [3.8, 4) is 11.5 Å². The van der Waals surface area contributed by atoms with Gasteiger partial charge in [-0.3, -0.25) is 4.79 Å². The SMILES string of the molecule is Cc1ccc(C=CS(=O)(=O)NCCCn2nc(-c3ccco3)ccc2=O)cc1. The molecule has 0 amide bonds. The molecule has 0 bridgehead atoms. The number of aromatic nitrogens is 2. The van der Waals surface area contributed by atoms with Gasteiger partial charge < -0.3 is 4.42 Å². The van der Waals surface area contributed by atoms with E-state index >= 15 is 0 Å². The van der Waals surface area contributed by atoms with Crippen molar-refractivity contribution in [3.05, 3.63) is 81.7 Å². The van der Waals surface area contributed by atoms with E-state index in [4.69, 9.17) is 4.42 Å². The number of aryl methyl sites for hydroxylation is 2. The van der Waals surface area contributed by atoms with Crippen molar-refractivity contribution < 1.29 is 12.8 Å². The monoisotopic (exact) mass is 399 g/mol. The zero-order chi connectivity index (χ0) is 20.0. The van der Waals surface area contributed by atoms with Crippen LogP contribution >= 0.6 is 0 Å². The molecule has 0 radical (unpaired) electrons. The summed E-state index contributed by atoms with van der Waals surface area (Å²) in [6, 6.07) is 14.0. The number of sulfonamides is 1. The molecular weight excluding hydrogens is 378 g/mol. The molecule has 1 N–H and O–H groups in total. The zero-order valence-electron chi connectivity index (χ0n) is 15.4. The molecule has 0 unspecified atom stereocenters. The molecule has 8 heteroatoms. The van der Waals surface area contributed by atoms with Crippen LogP contribution in [-0.2, 0) is 16.6 Å². The van der Waals surface area contributed by atoms with Crippen LogP contribution in [0.2, 0.25) is 0 Å². The molecule has 2 aromatic heterocycles. The Morgan fingerprint density at radius 2 is 1.93 bits per heavy atom. The average Bonchev–Trinajstić information content (AvgIpc) is 3.21. The molecule has 0 fully saturated rings. The highest BCUT2D eigenvalue weighted by molar-refractivity contribution is 7.92. The maximum absolute atomic E-state index is 12.1. The molecule has 3 rings (SSSR count). The molecule has 0 aliphatic carbocycles. The number of benzene rings is 1. The average molecular weight is 399 g/mol. The van der Waals surface area contributed by atoms with Crippen LogP contribution in [0.25, 0.3) is 17.5 Å². The summed E-state index contributed by atoms with van der Waals surface area (Å²) in [5.41, 5.74) is 2.21. The Hall–Kier alpha value is -2.97. The number of hydrogen-bond acceptors (Lipinski definition) is 5. The molecule has 1 aromatic carbocycles. The molecule has 3 aromatic rings. The van der Waals surface area contributed by atoms with Crippen molar-refractivity contribution in [2.75, 3.05) is 6.54 Å². The first-order valence-electron chi connectivity index (χ1n) is 8.79. The van der Waals surface area contributed by atoms with Crippen LogP contribution in [0, 0.1) is 6.92 Å². The van der Waals surface area contributed by atoms with Gasteiger partial charge in [-0.15, -0.1) is 0 Å². The van der Waals surface area contributed by atoms with E-state index in [1.807, 2.05) is 31.2 Å². The van der Waals surface area contributed by atoms with Crippen LogP contribution in [0.15, 0.2) is 69.4 Å². The van der Waals surface area contributed by atoms with Gasteiger partial charge in [0, 0.05) is 24.6 Å². The van der Waals surface area contributed by atoms with E-state index in [1.165, 1.54) is 17.0 Å². The fraction of sp³-hybridized carbons (Fsp3) is 0.200. The molecule has 0 aliphatic rings. The highest BCUT2D eigenvalue weighted by Crippen LogP contribution is 2.15. The number of furan rings is 1. The normalized spacial score (nSPS) is 11.9. The van der Waals surface area contributed by atoms with E-state index in [-0.39, 0.29) is 18.6 Å². The molecular formula is C20H21N3O4S. The Labute approximate surface area is 163 Å². The lowest BCUT2D eigenvalue weighted by molar-refractivity contribution is 0.531. The number of nitrogens with one attached hydrogen (secondary N) is 1. The van der Waals surface area contributed by atoms with Gasteiger partial charge in [0.2, 0.25) is 10.0 Å². The van der Waals surface area contributed by atoms with Gasteiger partial charge in [0.1, 0.15) is 5.69 Å². The van der Waals surface area contributed by atoms with E-state index in [0.29, 0.717) is 17.9 Å². The fourth-order valence-corrected chi connectivity index (χ4v) is 3.36. The molecule has 28 heavy (non-hydrogen) atoms. The van der Waals surface area contributed by atoms with Crippen molar-refractivity contribution in [3.63, 3.8) is 0 Å².